The zero-order valence-corrected chi connectivity index (χ0v) is 14.6. The lowest BCUT2D eigenvalue weighted by Gasteiger charge is -2.25. The van der Waals surface area contributed by atoms with E-state index in [1.54, 1.807) is 13.2 Å². The van der Waals surface area contributed by atoms with Crippen LogP contribution < -0.4 is 10.1 Å². The molecule has 4 nitrogen and oxygen atoms in total. The molecule has 5 heteroatoms. The SMILES string of the molecule is COc1ccc(C2CCCN2C(=O)Nc2ccc(C)c(Cl)c2)cc1. The average molecular weight is 345 g/mol. The number of anilines is 1. The molecule has 2 amide bonds. The maximum Gasteiger partial charge on any atom is 0.322 e. The summed E-state index contributed by atoms with van der Waals surface area (Å²) in [4.78, 5) is 14.5. The number of hydrogen-bond acceptors (Lipinski definition) is 2. The van der Waals surface area contributed by atoms with E-state index in [1.807, 2.05) is 48.2 Å². The molecule has 2 aromatic carbocycles. The number of hydrogen-bond donors (Lipinski definition) is 1. The summed E-state index contributed by atoms with van der Waals surface area (Å²) in [7, 11) is 1.65. The number of aryl methyl sites for hydroxylation is 1. The molecule has 1 N–H and O–H groups in total. The first-order valence-corrected chi connectivity index (χ1v) is 8.44. The fraction of sp³-hybridized carbons (Fsp3) is 0.316. The van der Waals surface area contributed by atoms with E-state index >= 15 is 0 Å². The number of carbonyl (C=O) groups is 1. The number of likely N-dealkylation sites (tertiary alicyclic amines) is 1. The van der Waals surface area contributed by atoms with Crippen molar-refractivity contribution >= 4 is 23.3 Å². The highest BCUT2D eigenvalue weighted by atomic mass is 35.5. The zero-order chi connectivity index (χ0) is 17.1. The minimum Gasteiger partial charge on any atom is -0.497 e. The average Bonchev–Trinajstić information content (AvgIpc) is 3.08. The van der Waals surface area contributed by atoms with E-state index in [1.165, 1.54) is 0 Å². The lowest BCUT2D eigenvalue weighted by Crippen LogP contribution is -2.34. The van der Waals surface area contributed by atoms with E-state index < -0.39 is 0 Å². The van der Waals surface area contributed by atoms with Gasteiger partial charge >= 0.3 is 6.03 Å². The zero-order valence-electron chi connectivity index (χ0n) is 13.9. The molecule has 0 aromatic heterocycles. The third kappa shape index (κ3) is 3.49. The van der Waals surface area contributed by atoms with E-state index in [0.717, 1.165) is 42.0 Å². The largest absolute Gasteiger partial charge is 0.497 e. The highest BCUT2D eigenvalue weighted by Crippen LogP contribution is 2.33. The Morgan fingerprint density at radius 2 is 2.00 bits per heavy atom. The van der Waals surface area contributed by atoms with Crippen LogP contribution in [0.4, 0.5) is 10.5 Å². The molecule has 0 bridgehead atoms. The van der Waals surface area contributed by atoms with E-state index in [-0.39, 0.29) is 12.1 Å². The third-order valence-electron chi connectivity index (χ3n) is 4.44. The molecule has 0 aliphatic carbocycles. The number of carbonyl (C=O) groups excluding carboxylic acids is 1. The quantitative estimate of drug-likeness (QED) is 0.848. The molecule has 1 unspecified atom stereocenters. The van der Waals surface area contributed by atoms with Gasteiger partial charge in [0.25, 0.3) is 0 Å². The third-order valence-corrected chi connectivity index (χ3v) is 4.84. The minimum absolute atomic E-state index is 0.0896. The Labute approximate surface area is 147 Å². The van der Waals surface area contributed by atoms with Gasteiger partial charge < -0.3 is 15.0 Å². The molecule has 0 spiro atoms. The van der Waals surface area contributed by atoms with Crippen LogP contribution in [-0.2, 0) is 0 Å². The van der Waals surface area contributed by atoms with Gasteiger partial charge in [-0.05, 0) is 55.2 Å². The predicted molar refractivity (Wildman–Crippen MR) is 96.9 cm³/mol. The van der Waals surface area contributed by atoms with E-state index in [9.17, 15) is 4.79 Å². The van der Waals surface area contributed by atoms with Gasteiger partial charge in [-0.2, -0.15) is 0 Å². The first kappa shape index (κ1) is 16.7. The molecule has 1 fully saturated rings. The van der Waals surface area contributed by atoms with E-state index in [0.29, 0.717) is 5.02 Å². The maximum atomic E-state index is 12.7. The summed E-state index contributed by atoms with van der Waals surface area (Å²) in [5, 5.41) is 3.61. The maximum absolute atomic E-state index is 12.7. The van der Waals surface area contributed by atoms with Crippen LogP contribution in [-0.4, -0.2) is 24.6 Å². The molecule has 1 aliphatic heterocycles. The number of amides is 2. The summed E-state index contributed by atoms with van der Waals surface area (Å²) in [6.07, 6.45) is 1.97. The molecule has 0 saturated carbocycles. The monoisotopic (exact) mass is 344 g/mol. The van der Waals surface area contributed by atoms with Crippen LogP contribution in [0.1, 0.15) is 30.0 Å². The molecule has 1 aliphatic rings. The van der Waals surface area contributed by atoms with Crippen molar-refractivity contribution in [2.75, 3.05) is 19.0 Å². The minimum atomic E-state index is -0.0896. The molecule has 0 radical (unpaired) electrons. The molecule has 1 saturated heterocycles. The first-order valence-electron chi connectivity index (χ1n) is 8.06. The number of benzene rings is 2. The number of rotatable bonds is 3. The van der Waals surface area contributed by atoms with Crippen molar-refractivity contribution in [1.82, 2.24) is 4.90 Å². The van der Waals surface area contributed by atoms with Crippen LogP contribution in [0.5, 0.6) is 5.75 Å². The van der Waals surface area contributed by atoms with Gasteiger partial charge in [-0.1, -0.05) is 29.8 Å². The standard InChI is InChI=1S/C19H21ClN2O2/c1-13-5-8-15(12-17(13)20)21-19(23)22-11-3-4-18(22)14-6-9-16(24-2)10-7-14/h5-10,12,18H,3-4,11H2,1-2H3,(H,21,23). The number of methoxy groups -OCH3 is 1. The first-order chi connectivity index (χ1) is 11.6. The van der Waals surface area contributed by atoms with Gasteiger partial charge in [0.05, 0.1) is 13.2 Å². The van der Waals surface area contributed by atoms with Crippen molar-refractivity contribution in [3.63, 3.8) is 0 Å². The fourth-order valence-electron chi connectivity index (χ4n) is 3.05. The molecule has 126 valence electrons. The molecular formula is C19H21ClN2O2. The Morgan fingerprint density at radius 1 is 1.25 bits per heavy atom. The molecular weight excluding hydrogens is 324 g/mol. The number of urea groups is 1. The van der Waals surface area contributed by atoms with Crippen LogP contribution in [0.2, 0.25) is 5.02 Å². The van der Waals surface area contributed by atoms with Gasteiger partial charge in [0.15, 0.2) is 0 Å². The second-order valence-corrected chi connectivity index (χ2v) is 6.43. The summed E-state index contributed by atoms with van der Waals surface area (Å²) in [5.41, 5.74) is 2.84. The summed E-state index contributed by atoms with van der Waals surface area (Å²) >= 11 is 6.13. The number of halogens is 1. The van der Waals surface area contributed by atoms with Crippen molar-refractivity contribution < 1.29 is 9.53 Å². The summed E-state index contributed by atoms with van der Waals surface area (Å²) in [6.45, 7) is 2.69. The molecule has 2 aromatic rings. The molecule has 24 heavy (non-hydrogen) atoms. The van der Waals surface area contributed by atoms with Crippen LogP contribution in [0.25, 0.3) is 0 Å². The van der Waals surface area contributed by atoms with Gasteiger partial charge in [-0.15, -0.1) is 0 Å². The van der Waals surface area contributed by atoms with Gasteiger partial charge in [0, 0.05) is 17.3 Å². The number of nitrogens with one attached hydrogen (secondary N) is 1. The van der Waals surface area contributed by atoms with Crippen LogP contribution in [0, 0.1) is 6.92 Å². The summed E-state index contributed by atoms with van der Waals surface area (Å²) in [5.74, 6) is 0.821. The Hall–Kier alpha value is -2.20. The van der Waals surface area contributed by atoms with Crippen molar-refractivity contribution in [2.45, 2.75) is 25.8 Å². The summed E-state index contributed by atoms with van der Waals surface area (Å²) in [6, 6.07) is 13.5. The van der Waals surface area contributed by atoms with Crippen LogP contribution in [0.15, 0.2) is 42.5 Å². The highest BCUT2D eigenvalue weighted by molar-refractivity contribution is 6.31. The van der Waals surface area contributed by atoms with Gasteiger partial charge in [0.2, 0.25) is 0 Å². The van der Waals surface area contributed by atoms with E-state index in [4.69, 9.17) is 16.3 Å². The van der Waals surface area contributed by atoms with Crippen molar-refractivity contribution in [3.05, 3.63) is 58.6 Å². The van der Waals surface area contributed by atoms with Gasteiger partial charge in [-0.25, -0.2) is 4.79 Å². The van der Waals surface area contributed by atoms with Crippen molar-refractivity contribution in [1.29, 1.82) is 0 Å². The normalized spacial score (nSPS) is 17.0. The summed E-state index contributed by atoms with van der Waals surface area (Å²) < 4.78 is 5.20. The highest BCUT2D eigenvalue weighted by Gasteiger charge is 2.30. The topological polar surface area (TPSA) is 41.6 Å². The Bertz CT molecular complexity index is 731. The molecule has 1 heterocycles. The van der Waals surface area contributed by atoms with Crippen LogP contribution in [0.3, 0.4) is 0 Å². The lowest BCUT2D eigenvalue weighted by molar-refractivity contribution is 0.207. The Balaban J connectivity index is 1.74. The molecule has 3 rings (SSSR count). The number of nitrogens with zero attached hydrogens (tertiary/aromatic N) is 1. The second-order valence-electron chi connectivity index (χ2n) is 6.02. The van der Waals surface area contributed by atoms with Crippen molar-refractivity contribution in [3.8, 4) is 5.75 Å². The van der Waals surface area contributed by atoms with Gasteiger partial charge in [-0.3, -0.25) is 0 Å². The Kier molecular flexibility index (Phi) is 4.95. The van der Waals surface area contributed by atoms with Crippen molar-refractivity contribution in [2.24, 2.45) is 0 Å². The second kappa shape index (κ2) is 7.14. The molecule has 1 atom stereocenters. The van der Waals surface area contributed by atoms with Crippen LogP contribution >= 0.6 is 11.6 Å². The predicted octanol–water partition coefficient (Wildman–Crippen LogP) is 5.03. The fourth-order valence-corrected chi connectivity index (χ4v) is 3.23. The number of ether oxygens (including phenoxy) is 1. The Morgan fingerprint density at radius 3 is 2.67 bits per heavy atom. The lowest BCUT2D eigenvalue weighted by atomic mass is 10.0. The van der Waals surface area contributed by atoms with E-state index in [2.05, 4.69) is 5.32 Å². The van der Waals surface area contributed by atoms with Gasteiger partial charge in [0.1, 0.15) is 5.75 Å². The smallest absolute Gasteiger partial charge is 0.322 e.